The third-order valence-corrected chi connectivity index (χ3v) is 3.49. The first-order chi connectivity index (χ1) is 13.0. The summed E-state index contributed by atoms with van der Waals surface area (Å²) in [5.41, 5.74) is 1.07. The Labute approximate surface area is 153 Å². The van der Waals surface area contributed by atoms with Crippen LogP contribution in [0.15, 0.2) is 36.5 Å². The first kappa shape index (κ1) is 17.9. The summed E-state index contributed by atoms with van der Waals surface area (Å²) in [6.07, 6.45) is 1.48. The van der Waals surface area contributed by atoms with Crippen molar-refractivity contribution in [2.75, 3.05) is 17.2 Å². The number of hydrogen-bond donors (Lipinski definition) is 5. The number of rotatable bonds is 5. The number of carbonyl (C=O) groups excluding carboxylic acids is 1. The number of carbonyl (C=O) groups is 2. The fourth-order valence-corrected chi connectivity index (χ4v) is 2.29. The zero-order valence-electron chi connectivity index (χ0n) is 14.2. The Kier molecular flexibility index (Phi) is 4.97. The largest absolute Gasteiger partial charge is 0.507 e. The van der Waals surface area contributed by atoms with Crippen molar-refractivity contribution in [3.63, 3.8) is 0 Å². The molecule has 0 aliphatic carbocycles. The molecule has 0 spiro atoms. The zero-order chi connectivity index (χ0) is 19.4. The van der Waals surface area contributed by atoms with Crippen molar-refractivity contribution >= 4 is 40.5 Å². The highest BCUT2D eigenvalue weighted by molar-refractivity contribution is 5.91. The van der Waals surface area contributed by atoms with E-state index in [1.807, 2.05) is 0 Å². The summed E-state index contributed by atoms with van der Waals surface area (Å²) in [7, 11) is 0. The van der Waals surface area contributed by atoms with E-state index >= 15 is 0 Å². The first-order valence-electron chi connectivity index (χ1n) is 7.98. The molecule has 0 aliphatic rings. The molecule has 0 saturated heterocycles. The average molecular weight is 368 g/mol. The maximum Gasteiger partial charge on any atom is 0.339 e. The van der Waals surface area contributed by atoms with Gasteiger partial charge in [0.25, 0.3) is 0 Å². The molecule has 10 nitrogen and oxygen atoms in total. The zero-order valence-corrected chi connectivity index (χ0v) is 14.2. The van der Waals surface area contributed by atoms with Crippen LogP contribution in [0, 0.1) is 0 Å². The molecule has 0 unspecified atom stereocenters. The van der Waals surface area contributed by atoms with Gasteiger partial charge in [-0.3, -0.25) is 5.32 Å². The minimum atomic E-state index is -1.22. The molecule has 2 heterocycles. The number of phenols is 1. The van der Waals surface area contributed by atoms with Gasteiger partial charge in [-0.1, -0.05) is 0 Å². The van der Waals surface area contributed by atoms with Gasteiger partial charge in [0.2, 0.25) is 0 Å². The second-order valence-electron chi connectivity index (χ2n) is 5.44. The number of aromatic hydroxyl groups is 1. The van der Waals surface area contributed by atoms with Crippen LogP contribution in [0.4, 0.5) is 22.1 Å². The number of fused-ring (bicyclic) bond motifs is 1. The molecule has 0 atom stereocenters. The van der Waals surface area contributed by atoms with Crippen LogP contribution >= 0.6 is 0 Å². The molecule has 5 N–H and O–H groups in total. The van der Waals surface area contributed by atoms with E-state index in [1.165, 1.54) is 24.4 Å². The number of aromatic nitrogens is 3. The van der Waals surface area contributed by atoms with Crippen LogP contribution < -0.4 is 16.0 Å². The van der Waals surface area contributed by atoms with Gasteiger partial charge in [-0.25, -0.2) is 24.5 Å². The number of nitrogens with zero attached hydrogens (tertiary/aromatic N) is 3. The van der Waals surface area contributed by atoms with Crippen LogP contribution in [0.5, 0.6) is 5.75 Å². The van der Waals surface area contributed by atoms with E-state index in [4.69, 9.17) is 5.11 Å². The summed E-state index contributed by atoms with van der Waals surface area (Å²) in [5.74, 6) is -0.926. The van der Waals surface area contributed by atoms with E-state index in [0.29, 0.717) is 35.0 Å². The topological polar surface area (TPSA) is 149 Å². The number of carboxylic acid groups (broad SMARTS) is 1. The van der Waals surface area contributed by atoms with Crippen LogP contribution in [-0.4, -0.2) is 43.7 Å². The molecule has 27 heavy (non-hydrogen) atoms. The van der Waals surface area contributed by atoms with Gasteiger partial charge < -0.3 is 20.8 Å². The van der Waals surface area contributed by atoms with Gasteiger partial charge in [-0.15, -0.1) is 0 Å². The number of pyridine rings is 1. The second-order valence-corrected chi connectivity index (χ2v) is 5.44. The number of benzene rings is 1. The van der Waals surface area contributed by atoms with E-state index in [2.05, 4.69) is 30.9 Å². The fraction of sp³-hybridized carbons (Fsp3) is 0.118. The number of hydrogen-bond acceptors (Lipinski definition) is 7. The summed E-state index contributed by atoms with van der Waals surface area (Å²) >= 11 is 0. The van der Waals surface area contributed by atoms with E-state index in [-0.39, 0.29) is 17.3 Å². The molecule has 2 amide bonds. The van der Waals surface area contributed by atoms with Crippen molar-refractivity contribution < 1.29 is 19.8 Å². The van der Waals surface area contributed by atoms with Crippen molar-refractivity contribution in [2.24, 2.45) is 0 Å². The molecule has 0 saturated carbocycles. The number of aromatic carboxylic acids is 1. The Morgan fingerprint density at radius 3 is 2.59 bits per heavy atom. The van der Waals surface area contributed by atoms with Crippen molar-refractivity contribution in [2.45, 2.75) is 6.92 Å². The Morgan fingerprint density at radius 1 is 1.11 bits per heavy atom. The molecule has 0 radical (unpaired) electrons. The molecule has 0 aliphatic heterocycles. The van der Waals surface area contributed by atoms with Gasteiger partial charge in [-0.2, -0.15) is 0 Å². The molecule has 2 aromatic heterocycles. The van der Waals surface area contributed by atoms with Gasteiger partial charge >= 0.3 is 12.0 Å². The highest BCUT2D eigenvalue weighted by Crippen LogP contribution is 2.24. The lowest BCUT2D eigenvalue weighted by Crippen LogP contribution is -2.28. The van der Waals surface area contributed by atoms with Crippen LogP contribution in [-0.2, 0) is 0 Å². The Hall–Kier alpha value is -3.95. The molecular weight excluding hydrogens is 352 g/mol. The first-order valence-corrected chi connectivity index (χ1v) is 7.98. The van der Waals surface area contributed by atoms with Gasteiger partial charge in [0, 0.05) is 18.3 Å². The Morgan fingerprint density at radius 2 is 1.89 bits per heavy atom. The van der Waals surface area contributed by atoms with Crippen LogP contribution in [0.3, 0.4) is 0 Å². The highest BCUT2D eigenvalue weighted by atomic mass is 16.4. The van der Waals surface area contributed by atoms with Crippen LogP contribution in [0.25, 0.3) is 11.2 Å². The Balaban J connectivity index is 1.84. The fourth-order valence-electron chi connectivity index (χ4n) is 2.29. The van der Waals surface area contributed by atoms with Gasteiger partial charge in [-0.05, 0) is 31.2 Å². The van der Waals surface area contributed by atoms with Crippen molar-refractivity contribution in [3.8, 4) is 5.75 Å². The molecule has 10 heteroatoms. The normalized spacial score (nSPS) is 10.4. The third kappa shape index (κ3) is 4.18. The maximum absolute atomic E-state index is 11.6. The number of urea groups is 1. The monoisotopic (exact) mass is 368 g/mol. The van der Waals surface area contributed by atoms with E-state index in [1.54, 1.807) is 19.1 Å². The number of amides is 2. The summed E-state index contributed by atoms with van der Waals surface area (Å²) in [4.78, 5) is 35.3. The summed E-state index contributed by atoms with van der Waals surface area (Å²) in [5, 5.41) is 26.8. The van der Waals surface area contributed by atoms with Crippen molar-refractivity contribution in [3.05, 3.63) is 42.1 Å². The number of nitrogens with one attached hydrogen (secondary N) is 3. The van der Waals surface area contributed by atoms with Crippen LogP contribution in [0.2, 0.25) is 0 Å². The molecule has 3 rings (SSSR count). The molecular formula is C17H16N6O4. The summed E-state index contributed by atoms with van der Waals surface area (Å²) in [6.45, 7) is 2.29. The van der Waals surface area contributed by atoms with Crippen molar-refractivity contribution in [1.82, 2.24) is 20.3 Å². The molecule has 0 fully saturated rings. The summed E-state index contributed by atoms with van der Waals surface area (Å²) < 4.78 is 0. The van der Waals surface area contributed by atoms with E-state index in [9.17, 15) is 14.7 Å². The van der Waals surface area contributed by atoms with Gasteiger partial charge in [0.05, 0.1) is 6.20 Å². The lowest BCUT2D eigenvalue weighted by Gasteiger charge is -2.09. The minimum absolute atomic E-state index is 0.201. The van der Waals surface area contributed by atoms with Gasteiger partial charge in [0.15, 0.2) is 11.5 Å². The lowest BCUT2D eigenvalue weighted by molar-refractivity contribution is 0.0693. The van der Waals surface area contributed by atoms with Gasteiger partial charge in [0.1, 0.15) is 22.6 Å². The summed E-state index contributed by atoms with van der Waals surface area (Å²) in [6, 6.07) is 6.96. The quantitative estimate of drug-likeness (QED) is 0.460. The number of anilines is 3. The lowest BCUT2D eigenvalue weighted by atomic mass is 10.2. The predicted molar refractivity (Wildman–Crippen MR) is 98.4 cm³/mol. The predicted octanol–water partition coefficient (Wildman–Crippen LogP) is 2.31. The van der Waals surface area contributed by atoms with E-state index in [0.717, 1.165) is 0 Å². The number of carboxylic acids is 1. The smallest absolute Gasteiger partial charge is 0.339 e. The van der Waals surface area contributed by atoms with Crippen LogP contribution in [0.1, 0.15) is 17.3 Å². The molecule has 1 aromatic carbocycles. The second kappa shape index (κ2) is 7.52. The van der Waals surface area contributed by atoms with Crippen molar-refractivity contribution in [1.29, 1.82) is 0 Å². The highest BCUT2D eigenvalue weighted by Gasteiger charge is 2.11. The molecule has 0 bridgehead atoms. The maximum atomic E-state index is 11.6. The third-order valence-electron chi connectivity index (χ3n) is 3.49. The minimum Gasteiger partial charge on any atom is -0.507 e. The average Bonchev–Trinajstić information content (AvgIpc) is 2.61. The standard InChI is InChI=1S/C17H16N6O4/c1-2-18-17(27)23-13-6-5-11-15(21-13)22-14(8-19-11)20-9-3-4-10(16(25)26)12(24)7-9/h3-8,24H,2H2,1H3,(H,25,26)(H3,18,20,21,22,23,27). The molecule has 138 valence electrons. The molecule has 3 aromatic rings. The van der Waals surface area contributed by atoms with E-state index < -0.39 is 5.97 Å². The SMILES string of the molecule is CCNC(=O)Nc1ccc2ncc(Nc3ccc(C(=O)O)c(O)c3)nc2n1. The Bertz CT molecular complexity index is 1020.